The van der Waals surface area contributed by atoms with E-state index >= 15 is 0 Å². The molecule has 0 aromatic heterocycles. The molecule has 1 atom stereocenters. The third kappa shape index (κ3) is 6.72. The van der Waals surface area contributed by atoms with Crippen LogP contribution in [0.2, 0.25) is 0 Å². The SMILES string of the molecule is CCOc1c(OC)cc(CN2CCCCC2CNC(=O)CCN)cc1OC.Cl. The molecule has 0 spiro atoms. The molecule has 0 aliphatic carbocycles. The van der Waals surface area contributed by atoms with Gasteiger partial charge in [0.15, 0.2) is 11.5 Å². The fraction of sp³-hybridized carbons (Fsp3) is 0.650. The summed E-state index contributed by atoms with van der Waals surface area (Å²) in [5.74, 6) is 2.01. The second-order valence-corrected chi connectivity index (χ2v) is 6.73. The van der Waals surface area contributed by atoms with Gasteiger partial charge in [0.25, 0.3) is 0 Å². The molecule has 2 rings (SSSR count). The van der Waals surface area contributed by atoms with Crippen LogP contribution in [0.4, 0.5) is 0 Å². The van der Waals surface area contributed by atoms with E-state index in [0.29, 0.717) is 49.4 Å². The molecule has 0 radical (unpaired) electrons. The van der Waals surface area contributed by atoms with Gasteiger partial charge >= 0.3 is 0 Å². The summed E-state index contributed by atoms with van der Waals surface area (Å²) in [4.78, 5) is 14.2. The van der Waals surface area contributed by atoms with Crippen LogP contribution in [0.25, 0.3) is 0 Å². The highest BCUT2D eigenvalue weighted by atomic mass is 35.5. The van der Waals surface area contributed by atoms with Crippen LogP contribution in [0.15, 0.2) is 12.1 Å². The van der Waals surface area contributed by atoms with E-state index in [0.717, 1.165) is 25.1 Å². The van der Waals surface area contributed by atoms with Crippen molar-refractivity contribution in [1.29, 1.82) is 0 Å². The molecule has 0 saturated carbocycles. The zero-order valence-corrected chi connectivity index (χ0v) is 18.0. The Hall–Kier alpha value is -1.70. The molecule has 8 heteroatoms. The molecule has 7 nitrogen and oxygen atoms in total. The van der Waals surface area contributed by atoms with Gasteiger partial charge in [-0.3, -0.25) is 9.69 Å². The highest BCUT2D eigenvalue weighted by Gasteiger charge is 2.24. The Labute approximate surface area is 174 Å². The quantitative estimate of drug-likeness (QED) is 0.610. The summed E-state index contributed by atoms with van der Waals surface area (Å²) in [6.07, 6.45) is 3.80. The van der Waals surface area contributed by atoms with Gasteiger partial charge in [0.1, 0.15) is 0 Å². The Morgan fingerprint density at radius 3 is 2.50 bits per heavy atom. The van der Waals surface area contributed by atoms with Crippen LogP contribution >= 0.6 is 12.4 Å². The molecule has 1 aromatic rings. The van der Waals surface area contributed by atoms with Crippen molar-refractivity contribution in [3.05, 3.63) is 17.7 Å². The second kappa shape index (κ2) is 12.7. The van der Waals surface area contributed by atoms with E-state index < -0.39 is 0 Å². The number of hydrogen-bond donors (Lipinski definition) is 2. The molecule has 1 unspecified atom stereocenters. The topological polar surface area (TPSA) is 86.1 Å². The Kier molecular flexibility index (Phi) is 11.0. The standard InChI is InChI=1S/C20H33N3O4.ClH/c1-4-27-20-17(25-2)11-15(12-18(20)26-3)14-23-10-6-5-7-16(23)13-22-19(24)8-9-21;/h11-12,16H,4-10,13-14,21H2,1-3H3,(H,22,24);1H. The van der Waals surface area contributed by atoms with E-state index in [4.69, 9.17) is 19.9 Å². The Balaban J connectivity index is 0.00000392. The van der Waals surface area contributed by atoms with Gasteiger partial charge in [-0.15, -0.1) is 12.4 Å². The van der Waals surface area contributed by atoms with Gasteiger partial charge in [0, 0.05) is 32.1 Å². The van der Waals surface area contributed by atoms with E-state index in [-0.39, 0.29) is 18.3 Å². The van der Waals surface area contributed by atoms with Crippen LogP contribution in [0.5, 0.6) is 17.2 Å². The van der Waals surface area contributed by atoms with Crippen LogP contribution in [0.1, 0.15) is 38.2 Å². The number of nitrogens with two attached hydrogens (primary N) is 1. The van der Waals surface area contributed by atoms with Crippen LogP contribution < -0.4 is 25.3 Å². The molecule has 3 N–H and O–H groups in total. The number of nitrogens with one attached hydrogen (secondary N) is 1. The molecule has 28 heavy (non-hydrogen) atoms. The Morgan fingerprint density at radius 2 is 1.93 bits per heavy atom. The minimum absolute atomic E-state index is 0. The molecule has 1 aliphatic heterocycles. The van der Waals surface area contributed by atoms with Crippen molar-refractivity contribution in [2.24, 2.45) is 5.73 Å². The van der Waals surface area contributed by atoms with E-state index in [9.17, 15) is 4.79 Å². The fourth-order valence-electron chi connectivity index (χ4n) is 3.50. The van der Waals surface area contributed by atoms with Gasteiger partial charge in [0.2, 0.25) is 11.7 Å². The minimum Gasteiger partial charge on any atom is -0.493 e. The van der Waals surface area contributed by atoms with E-state index in [1.165, 1.54) is 12.8 Å². The highest BCUT2D eigenvalue weighted by molar-refractivity contribution is 5.85. The number of hydrogen-bond acceptors (Lipinski definition) is 6. The average molecular weight is 416 g/mol. The van der Waals surface area contributed by atoms with Gasteiger partial charge in [0.05, 0.1) is 20.8 Å². The number of carbonyl (C=O) groups excluding carboxylic acids is 1. The third-order valence-electron chi connectivity index (χ3n) is 4.85. The van der Waals surface area contributed by atoms with Crippen LogP contribution in [0, 0.1) is 0 Å². The molecule has 1 aliphatic rings. The lowest BCUT2D eigenvalue weighted by Gasteiger charge is -2.36. The van der Waals surface area contributed by atoms with Crippen molar-refractivity contribution in [1.82, 2.24) is 10.2 Å². The van der Waals surface area contributed by atoms with Crippen molar-refractivity contribution >= 4 is 18.3 Å². The zero-order chi connectivity index (χ0) is 19.6. The number of piperidine rings is 1. The summed E-state index contributed by atoms with van der Waals surface area (Å²) in [5.41, 5.74) is 6.55. The zero-order valence-electron chi connectivity index (χ0n) is 17.2. The van der Waals surface area contributed by atoms with Crippen molar-refractivity contribution in [3.63, 3.8) is 0 Å². The summed E-state index contributed by atoms with van der Waals surface area (Å²) >= 11 is 0. The summed E-state index contributed by atoms with van der Waals surface area (Å²) in [5, 5.41) is 3.01. The molecule has 1 heterocycles. The van der Waals surface area contributed by atoms with Crippen molar-refractivity contribution in [3.8, 4) is 17.2 Å². The first-order valence-corrected chi connectivity index (χ1v) is 9.71. The lowest BCUT2D eigenvalue weighted by atomic mass is 10.0. The van der Waals surface area contributed by atoms with Gasteiger partial charge in [-0.1, -0.05) is 6.42 Å². The van der Waals surface area contributed by atoms with Gasteiger partial charge < -0.3 is 25.3 Å². The largest absolute Gasteiger partial charge is 0.493 e. The summed E-state index contributed by atoms with van der Waals surface area (Å²) in [6, 6.07) is 4.34. The average Bonchev–Trinajstić information content (AvgIpc) is 2.68. The normalized spacial score (nSPS) is 16.8. The smallest absolute Gasteiger partial charge is 0.221 e. The minimum atomic E-state index is 0. The first kappa shape index (κ1) is 24.3. The first-order chi connectivity index (χ1) is 13.1. The molecule has 1 amide bonds. The molecule has 1 aromatic carbocycles. The highest BCUT2D eigenvalue weighted by Crippen LogP contribution is 2.39. The number of ether oxygens (including phenoxy) is 3. The third-order valence-corrected chi connectivity index (χ3v) is 4.85. The molecular formula is C20H34ClN3O4. The molecular weight excluding hydrogens is 382 g/mol. The number of benzene rings is 1. The molecule has 1 fully saturated rings. The molecule has 160 valence electrons. The van der Waals surface area contributed by atoms with Gasteiger partial charge in [-0.2, -0.15) is 0 Å². The van der Waals surface area contributed by atoms with E-state index in [1.807, 2.05) is 19.1 Å². The lowest BCUT2D eigenvalue weighted by molar-refractivity contribution is -0.121. The van der Waals surface area contributed by atoms with Crippen molar-refractivity contribution in [2.75, 3.05) is 40.5 Å². The number of rotatable bonds is 10. The summed E-state index contributed by atoms with van der Waals surface area (Å²) in [6.45, 7) is 5.30. The number of methoxy groups -OCH3 is 2. The van der Waals surface area contributed by atoms with Gasteiger partial charge in [-0.25, -0.2) is 0 Å². The number of amides is 1. The number of nitrogens with zero attached hydrogens (tertiary/aromatic N) is 1. The Bertz CT molecular complexity index is 590. The van der Waals surface area contributed by atoms with Crippen molar-refractivity contribution in [2.45, 2.75) is 45.2 Å². The van der Waals surface area contributed by atoms with Crippen molar-refractivity contribution < 1.29 is 19.0 Å². The first-order valence-electron chi connectivity index (χ1n) is 9.71. The van der Waals surface area contributed by atoms with Crippen LogP contribution in [-0.4, -0.2) is 57.3 Å². The maximum absolute atomic E-state index is 11.8. The Morgan fingerprint density at radius 1 is 1.25 bits per heavy atom. The molecule has 0 bridgehead atoms. The monoisotopic (exact) mass is 415 g/mol. The van der Waals surface area contributed by atoms with Gasteiger partial charge in [-0.05, 0) is 44.0 Å². The predicted molar refractivity (Wildman–Crippen MR) is 113 cm³/mol. The maximum Gasteiger partial charge on any atom is 0.221 e. The number of carbonyl (C=O) groups is 1. The lowest BCUT2D eigenvalue weighted by Crippen LogP contribution is -2.46. The summed E-state index contributed by atoms with van der Waals surface area (Å²) in [7, 11) is 3.27. The van der Waals surface area contributed by atoms with E-state index in [1.54, 1.807) is 14.2 Å². The van der Waals surface area contributed by atoms with Crippen LogP contribution in [-0.2, 0) is 11.3 Å². The fourth-order valence-corrected chi connectivity index (χ4v) is 3.50. The van der Waals surface area contributed by atoms with E-state index in [2.05, 4.69) is 10.2 Å². The summed E-state index contributed by atoms with van der Waals surface area (Å²) < 4.78 is 16.7. The second-order valence-electron chi connectivity index (χ2n) is 6.73. The maximum atomic E-state index is 11.8. The number of halogens is 1. The number of likely N-dealkylation sites (tertiary alicyclic amines) is 1. The molecule has 1 saturated heterocycles. The van der Waals surface area contributed by atoms with Crippen LogP contribution in [0.3, 0.4) is 0 Å². The predicted octanol–water partition coefficient (Wildman–Crippen LogP) is 2.34.